The van der Waals surface area contributed by atoms with E-state index in [4.69, 9.17) is 23.2 Å². The first-order valence-electron chi connectivity index (χ1n) is 9.61. The van der Waals surface area contributed by atoms with Crippen molar-refractivity contribution in [1.29, 1.82) is 0 Å². The number of halogens is 2. The number of phenolic OH excluding ortho intramolecular Hbond substituents is 1. The Morgan fingerprint density at radius 1 is 1.03 bits per heavy atom. The topological polar surface area (TPSA) is 74.2 Å². The number of aromatic nitrogens is 1. The van der Waals surface area contributed by atoms with Gasteiger partial charge in [0, 0.05) is 33.5 Å². The molecule has 32 heavy (non-hydrogen) atoms. The van der Waals surface area contributed by atoms with Crippen LogP contribution in [-0.2, 0) is 4.79 Å². The van der Waals surface area contributed by atoms with Crippen molar-refractivity contribution in [2.24, 2.45) is 0 Å². The van der Waals surface area contributed by atoms with Crippen LogP contribution < -0.4 is 10.6 Å². The van der Waals surface area contributed by atoms with E-state index in [9.17, 15) is 9.90 Å². The molecule has 1 amide bonds. The molecule has 0 saturated heterocycles. The van der Waals surface area contributed by atoms with Gasteiger partial charge in [-0.3, -0.25) is 4.79 Å². The van der Waals surface area contributed by atoms with E-state index in [1.807, 2.05) is 53.9 Å². The predicted octanol–water partition coefficient (Wildman–Crippen LogP) is 7.06. The normalized spacial score (nSPS) is 13.8. The Morgan fingerprint density at radius 2 is 1.78 bits per heavy atom. The standard InChI is InChI=1S/C24H15Cl2N3O2S/c25-18-9-13(10-19(26)22(18)30)8-17-16-11-14(6-7-20(16)28-23(17)31)21-12-32-24(29-21)27-15-4-2-1-3-5-15/h1-12,30H,(H,27,29)(H,28,31)/b17-8-. The summed E-state index contributed by atoms with van der Waals surface area (Å²) in [6, 6.07) is 18.7. The first-order valence-corrected chi connectivity index (χ1v) is 11.2. The van der Waals surface area contributed by atoms with Gasteiger partial charge >= 0.3 is 0 Å². The molecule has 1 aromatic heterocycles. The summed E-state index contributed by atoms with van der Waals surface area (Å²) in [6.45, 7) is 0. The second kappa shape index (κ2) is 8.31. The Balaban J connectivity index is 1.48. The third kappa shape index (κ3) is 3.96. The van der Waals surface area contributed by atoms with Gasteiger partial charge in [-0.15, -0.1) is 11.3 Å². The molecule has 158 valence electrons. The quantitative estimate of drug-likeness (QED) is 0.274. The van der Waals surface area contributed by atoms with Crippen molar-refractivity contribution in [3.63, 3.8) is 0 Å². The summed E-state index contributed by atoms with van der Waals surface area (Å²) in [5.74, 6) is -0.403. The van der Waals surface area contributed by atoms with Gasteiger partial charge in [0.2, 0.25) is 0 Å². The molecule has 1 aliphatic rings. The zero-order valence-corrected chi connectivity index (χ0v) is 18.7. The van der Waals surface area contributed by atoms with E-state index in [-0.39, 0.29) is 21.7 Å². The number of aromatic hydroxyl groups is 1. The SMILES string of the molecule is O=C1Nc2ccc(-c3csc(Nc4ccccc4)n3)cc2/C1=C/c1cc(Cl)c(O)c(Cl)c1. The molecule has 0 fully saturated rings. The highest BCUT2D eigenvalue weighted by Gasteiger charge is 2.25. The lowest BCUT2D eigenvalue weighted by atomic mass is 10.0. The Bertz CT molecular complexity index is 1360. The maximum Gasteiger partial charge on any atom is 0.256 e. The van der Waals surface area contributed by atoms with Crippen molar-refractivity contribution in [1.82, 2.24) is 4.98 Å². The number of carbonyl (C=O) groups excluding carboxylic acids is 1. The lowest BCUT2D eigenvalue weighted by Gasteiger charge is -2.05. The summed E-state index contributed by atoms with van der Waals surface area (Å²) < 4.78 is 0. The van der Waals surface area contributed by atoms with Crippen LogP contribution in [0.3, 0.4) is 0 Å². The van der Waals surface area contributed by atoms with E-state index in [1.165, 1.54) is 11.3 Å². The number of benzene rings is 3. The molecule has 3 aromatic carbocycles. The van der Waals surface area contributed by atoms with Crippen molar-refractivity contribution in [3.05, 3.63) is 87.2 Å². The van der Waals surface area contributed by atoms with Crippen LogP contribution >= 0.6 is 34.5 Å². The molecule has 0 aliphatic carbocycles. The predicted molar refractivity (Wildman–Crippen MR) is 132 cm³/mol. The average molecular weight is 480 g/mol. The summed E-state index contributed by atoms with van der Waals surface area (Å²) in [5.41, 5.74) is 5.25. The fraction of sp³-hybridized carbons (Fsp3) is 0. The monoisotopic (exact) mass is 479 g/mol. The summed E-state index contributed by atoms with van der Waals surface area (Å²) in [5, 5.41) is 19.0. The molecule has 0 radical (unpaired) electrons. The number of carbonyl (C=O) groups is 1. The molecular weight excluding hydrogens is 465 g/mol. The molecule has 5 rings (SSSR count). The van der Waals surface area contributed by atoms with Crippen LogP contribution in [0.25, 0.3) is 22.9 Å². The van der Waals surface area contributed by atoms with Crippen LogP contribution in [0, 0.1) is 0 Å². The van der Waals surface area contributed by atoms with Gasteiger partial charge in [-0.2, -0.15) is 0 Å². The Morgan fingerprint density at radius 3 is 2.53 bits per heavy atom. The number of thiazole rings is 1. The first kappa shape index (κ1) is 20.6. The molecule has 2 heterocycles. The van der Waals surface area contributed by atoms with Gasteiger partial charge in [0.15, 0.2) is 10.9 Å². The summed E-state index contributed by atoms with van der Waals surface area (Å²) in [6.07, 6.45) is 1.70. The number of fused-ring (bicyclic) bond motifs is 1. The number of amides is 1. The molecule has 0 bridgehead atoms. The number of phenols is 1. The zero-order chi connectivity index (χ0) is 22.2. The number of para-hydroxylation sites is 1. The van der Waals surface area contributed by atoms with Crippen molar-refractivity contribution in [2.45, 2.75) is 0 Å². The molecule has 0 saturated carbocycles. The van der Waals surface area contributed by atoms with E-state index in [0.29, 0.717) is 11.1 Å². The second-order valence-electron chi connectivity index (χ2n) is 7.13. The number of nitrogens with one attached hydrogen (secondary N) is 2. The number of hydrogen-bond donors (Lipinski definition) is 3. The van der Waals surface area contributed by atoms with Gasteiger partial charge < -0.3 is 15.7 Å². The third-order valence-corrected chi connectivity index (χ3v) is 6.31. The molecule has 0 unspecified atom stereocenters. The summed E-state index contributed by atoms with van der Waals surface area (Å²) in [4.78, 5) is 17.3. The van der Waals surface area contributed by atoms with E-state index < -0.39 is 0 Å². The molecule has 3 N–H and O–H groups in total. The van der Waals surface area contributed by atoms with E-state index in [0.717, 1.165) is 33.3 Å². The van der Waals surface area contributed by atoms with Crippen LogP contribution in [0.4, 0.5) is 16.5 Å². The fourth-order valence-electron chi connectivity index (χ4n) is 3.43. The number of rotatable bonds is 4. The molecule has 4 aromatic rings. The molecular formula is C24H15Cl2N3O2S. The van der Waals surface area contributed by atoms with Crippen LogP contribution in [-0.4, -0.2) is 16.0 Å². The second-order valence-corrected chi connectivity index (χ2v) is 8.81. The Kier molecular flexibility index (Phi) is 5.35. The minimum absolute atomic E-state index is 0.123. The van der Waals surface area contributed by atoms with Crippen LogP contribution in [0.1, 0.15) is 11.1 Å². The minimum atomic E-state index is -0.220. The van der Waals surface area contributed by atoms with Gasteiger partial charge in [-0.25, -0.2) is 4.98 Å². The lowest BCUT2D eigenvalue weighted by molar-refractivity contribution is -0.110. The highest BCUT2D eigenvalue weighted by molar-refractivity contribution is 7.14. The number of anilines is 3. The van der Waals surface area contributed by atoms with Gasteiger partial charge in [0.05, 0.1) is 15.7 Å². The minimum Gasteiger partial charge on any atom is -0.505 e. The van der Waals surface area contributed by atoms with E-state index in [1.54, 1.807) is 18.2 Å². The lowest BCUT2D eigenvalue weighted by Crippen LogP contribution is -2.03. The fourth-order valence-corrected chi connectivity index (χ4v) is 4.68. The van der Waals surface area contributed by atoms with Gasteiger partial charge in [-0.1, -0.05) is 47.5 Å². The van der Waals surface area contributed by atoms with Gasteiger partial charge in [-0.05, 0) is 48.0 Å². The van der Waals surface area contributed by atoms with Crippen LogP contribution in [0.15, 0.2) is 66.0 Å². The molecule has 1 aliphatic heterocycles. The van der Waals surface area contributed by atoms with Gasteiger partial charge in [0.25, 0.3) is 5.91 Å². The van der Waals surface area contributed by atoms with Crippen LogP contribution in [0.5, 0.6) is 5.75 Å². The number of hydrogen-bond acceptors (Lipinski definition) is 5. The van der Waals surface area contributed by atoms with Gasteiger partial charge in [0.1, 0.15) is 0 Å². The molecule has 5 nitrogen and oxygen atoms in total. The maximum atomic E-state index is 12.6. The van der Waals surface area contributed by atoms with Crippen molar-refractivity contribution < 1.29 is 9.90 Å². The molecule has 0 spiro atoms. The third-order valence-electron chi connectivity index (χ3n) is 4.98. The van der Waals surface area contributed by atoms with Crippen molar-refractivity contribution in [2.75, 3.05) is 10.6 Å². The zero-order valence-electron chi connectivity index (χ0n) is 16.4. The average Bonchev–Trinajstić information content (AvgIpc) is 3.37. The van der Waals surface area contributed by atoms with E-state index in [2.05, 4.69) is 15.6 Å². The Hall–Kier alpha value is -3.32. The molecule has 8 heteroatoms. The summed E-state index contributed by atoms with van der Waals surface area (Å²) in [7, 11) is 0. The smallest absolute Gasteiger partial charge is 0.256 e. The maximum absolute atomic E-state index is 12.6. The first-order chi connectivity index (χ1) is 15.5. The van der Waals surface area contributed by atoms with Crippen molar-refractivity contribution in [3.8, 4) is 17.0 Å². The summed E-state index contributed by atoms with van der Waals surface area (Å²) >= 11 is 13.6. The van der Waals surface area contributed by atoms with Crippen molar-refractivity contribution >= 4 is 68.6 Å². The van der Waals surface area contributed by atoms with E-state index >= 15 is 0 Å². The molecule has 0 atom stereocenters. The highest BCUT2D eigenvalue weighted by atomic mass is 35.5. The Labute approximate surface area is 198 Å². The van der Waals surface area contributed by atoms with Crippen LogP contribution in [0.2, 0.25) is 10.0 Å². The largest absolute Gasteiger partial charge is 0.505 e. The highest BCUT2D eigenvalue weighted by Crippen LogP contribution is 2.39. The number of nitrogens with zero attached hydrogens (tertiary/aromatic N) is 1.